The number of amides is 2. The molecule has 2 amide bonds. The van der Waals surface area contributed by atoms with Gasteiger partial charge in [-0.15, -0.1) is 0 Å². The lowest BCUT2D eigenvalue weighted by atomic mass is 10.1. The predicted octanol–water partition coefficient (Wildman–Crippen LogP) is 1.39. The van der Waals surface area contributed by atoms with E-state index in [1.165, 1.54) is 0 Å². The molecule has 1 aliphatic rings. The fourth-order valence-electron chi connectivity index (χ4n) is 3.05. The van der Waals surface area contributed by atoms with E-state index in [2.05, 4.69) is 15.2 Å². The summed E-state index contributed by atoms with van der Waals surface area (Å²) < 4.78 is 5.72. The highest BCUT2D eigenvalue weighted by atomic mass is 16.4. The predicted molar refractivity (Wildman–Crippen MR) is 102 cm³/mol. The van der Waals surface area contributed by atoms with Crippen molar-refractivity contribution < 1.29 is 14.0 Å². The van der Waals surface area contributed by atoms with Gasteiger partial charge in [0.1, 0.15) is 5.76 Å². The van der Waals surface area contributed by atoms with Gasteiger partial charge in [-0.3, -0.25) is 9.59 Å². The summed E-state index contributed by atoms with van der Waals surface area (Å²) in [7, 11) is 2.04. The minimum atomic E-state index is -0.232. The minimum Gasteiger partial charge on any atom is -0.441 e. The smallest absolute Gasteiger partial charge is 0.242 e. The van der Waals surface area contributed by atoms with E-state index in [1.54, 1.807) is 11.8 Å². The van der Waals surface area contributed by atoms with Crippen LogP contribution in [-0.4, -0.2) is 66.4 Å². The molecule has 27 heavy (non-hydrogen) atoms. The van der Waals surface area contributed by atoms with Crippen molar-refractivity contribution in [3.8, 4) is 11.5 Å². The van der Waals surface area contributed by atoms with Crippen molar-refractivity contribution in [2.45, 2.75) is 20.3 Å². The highest BCUT2D eigenvalue weighted by Crippen LogP contribution is 2.22. The van der Waals surface area contributed by atoms with Crippen LogP contribution in [0.4, 0.5) is 0 Å². The normalized spacial score (nSPS) is 15.0. The van der Waals surface area contributed by atoms with E-state index in [9.17, 15) is 9.59 Å². The van der Waals surface area contributed by atoms with E-state index in [0.29, 0.717) is 30.4 Å². The first-order valence-electron chi connectivity index (χ1n) is 9.19. The van der Waals surface area contributed by atoms with Crippen LogP contribution in [-0.2, 0) is 16.0 Å². The Labute approximate surface area is 159 Å². The van der Waals surface area contributed by atoms with Crippen molar-refractivity contribution in [1.29, 1.82) is 0 Å². The van der Waals surface area contributed by atoms with Gasteiger partial charge in [0, 0.05) is 31.7 Å². The number of carbonyl (C=O) groups is 2. The van der Waals surface area contributed by atoms with Gasteiger partial charge >= 0.3 is 0 Å². The molecule has 0 atom stereocenters. The molecule has 1 N–H and O–H groups in total. The molecule has 2 heterocycles. The molecule has 2 aromatic rings. The number of oxazole rings is 1. The highest BCUT2D eigenvalue weighted by Gasteiger charge is 2.20. The zero-order valence-corrected chi connectivity index (χ0v) is 16.1. The average Bonchev–Trinajstić information content (AvgIpc) is 3.01. The number of hydrogen-bond acceptors (Lipinski definition) is 5. The number of hydrogen-bond donors (Lipinski definition) is 1. The summed E-state index contributed by atoms with van der Waals surface area (Å²) in [5.74, 6) is 0.845. The molecule has 0 saturated carbocycles. The van der Waals surface area contributed by atoms with Gasteiger partial charge in [-0.05, 0) is 33.0 Å². The van der Waals surface area contributed by atoms with E-state index >= 15 is 0 Å². The van der Waals surface area contributed by atoms with E-state index in [0.717, 1.165) is 24.2 Å². The Morgan fingerprint density at radius 2 is 1.93 bits per heavy atom. The maximum absolute atomic E-state index is 12.2. The Morgan fingerprint density at radius 3 is 2.63 bits per heavy atom. The maximum Gasteiger partial charge on any atom is 0.242 e. The number of piperazine rings is 1. The molecular formula is C20H26N4O3. The van der Waals surface area contributed by atoms with Crippen LogP contribution >= 0.6 is 0 Å². The van der Waals surface area contributed by atoms with Crippen LogP contribution in [0.15, 0.2) is 28.7 Å². The molecule has 7 heteroatoms. The quantitative estimate of drug-likeness (QED) is 0.861. The molecule has 1 aromatic heterocycles. The Morgan fingerprint density at radius 1 is 1.19 bits per heavy atom. The number of carbonyl (C=O) groups excluding carboxylic acids is 2. The molecule has 7 nitrogen and oxygen atoms in total. The number of nitrogens with one attached hydrogen (secondary N) is 1. The number of likely N-dealkylation sites (N-methyl/N-ethyl adjacent to an activating group) is 1. The van der Waals surface area contributed by atoms with Crippen molar-refractivity contribution in [3.63, 3.8) is 0 Å². The molecule has 0 radical (unpaired) electrons. The summed E-state index contributed by atoms with van der Waals surface area (Å²) in [6.45, 7) is 6.94. The van der Waals surface area contributed by atoms with Crippen molar-refractivity contribution >= 4 is 11.8 Å². The minimum absolute atomic E-state index is 0.0180. The molecule has 0 aliphatic carbocycles. The average molecular weight is 370 g/mol. The second-order valence-corrected chi connectivity index (χ2v) is 7.03. The third-order valence-electron chi connectivity index (χ3n) is 4.78. The summed E-state index contributed by atoms with van der Waals surface area (Å²) in [5.41, 5.74) is 2.59. The van der Waals surface area contributed by atoms with Gasteiger partial charge in [0.2, 0.25) is 17.7 Å². The van der Waals surface area contributed by atoms with Gasteiger partial charge in [-0.2, -0.15) is 0 Å². The Bertz CT molecular complexity index is 822. The van der Waals surface area contributed by atoms with Gasteiger partial charge < -0.3 is 19.5 Å². The van der Waals surface area contributed by atoms with Crippen molar-refractivity contribution in [2.24, 2.45) is 0 Å². The zero-order valence-electron chi connectivity index (χ0n) is 16.1. The van der Waals surface area contributed by atoms with Crippen LogP contribution in [0.25, 0.3) is 11.5 Å². The molecule has 1 saturated heterocycles. The molecule has 1 aromatic carbocycles. The molecule has 1 aliphatic heterocycles. The standard InChI is InChI=1S/C20H26N4O3/c1-14-5-4-6-16(11-14)20-22-17(15(2)27-20)12-18(25)21-13-19(26)24-9-7-23(3)8-10-24/h4-6,11H,7-10,12-13H2,1-3H3,(H,21,25). The second kappa shape index (κ2) is 8.35. The third kappa shape index (κ3) is 4.95. The highest BCUT2D eigenvalue weighted by molar-refractivity contribution is 5.85. The fraction of sp³-hybridized carbons (Fsp3) is 0.450. The molecular weight excluding hydrogens is 344 g/mol. The van der Waals surface area contributed by atoms with Crippen molar-refractivity contribution in [1.82, 2.24) is 20.1 Å². The van der Waals surface area contributed by atoms with Crippen LogP contribution < -0.4 is 5.32 Å². The number of nitrogens with zero attached hydrogens (tertiary/aromatic N) is 3. The summed E-state index contributed by atoms with van der Waals surface area (Å²) in [5, 5.41) is 2.70. The van der Waals surface area contributed by atoms with E-state index in [1.807, 2.05) is 38.2 Å². The van der Waals surface area contributed by atoms with Gasteiger partial charge in [0.15, 0.2) is 0 Å². The Balaban J connectivity index is 1.54. The van der Waals surface area contributed by atoms with Crippen molar-refractivity contribution in [3.05, 3.63) is 41.3 Å². The molecule has 0 bridgehead atoms. The second-order valence-electron chi connectivity index (χ2n) is 7.03. The molecule has 0 unspecified atom stereocenters. The zero-order chi connectivity index (χ0) is 19.4. The summed E-state index contributed by atoms with van der Waals surface area (Å²) in [6.07, 6.45) is 0.0944. The number of aromatic nitrogens is 1. The molecule has 0 spiro atoms. The Hall–Kier alpha value is -2.67. The summed E-state index contributed by atoms with van der Waals surface area (Å²) in [6, 6.07) is 7.87. The maximum atomic E-state index is 12.2. The first-order valence-corrected chi connectivity index (χ1v) is 9.19. The lowest BCUT2D eigenvalue weighted by Crippen LogP contribution is -2.50. The number of benzene rings is 1. The van der Waals surface area contributed by atoms with Gasteiger partial charge in [0.05, 0.1) is 18.7 Å². The lowest BCUT2D eigenvalue weighted by Gasteiger charge is -2.32. The van der Waals surface area contributed by atoms with Crippen molar-refractivity contribution in [2.75, 3.05) is 39.8 Å². The van der Waals surface area contributed by atoms with E-state index < -0.39 is 0 Å². The molecule has 3 rings (SSSR count). The monoisotopic (exact) mass is 370 g/mol. The SMILES string of the molecule is Cc1cccc(-c2nc(CC(=O)NCC(=O)N3CCN(C)CC3)c(C)o2)c1. The topological polar surface area (TPSA) is 78.7 Å². The van der Waals surface area contributed by atoms with Crippen LogP contribution in [0.1, 0.15) is 17.0 Å². The van der Waals surface area contributed by atoms with Crippen LogP contribution in [0.5, 0.6) is 0 Å². The van der Waals surface area contributed by atoms with E-state index in [-0.39, 0.29) is 24.8 Å². The third-order valence-corrected chi connectivity index (χ3v) is 4.78. The van der Waals surface area contributed by atoms with Gasteiger partial charge in [-0.25, -0.2) is 4.98 Å². The van der Waals surface area contributed by atoms with Crippen LogP contribution in [0.3, 0.4) is 0 Å². The lowest BCUT2D eigenvalue weighted by molar-refractivity contribution is -0.134. The number of rotatable bonds is 5. The fourth-order valence-corrected chi connectivity index (χ4v) is 3.05. The van der Waals surface area contributed by atoms with E-state index in [4.69, 9.17) is 4.42 Å². The summed E-state index contributed by atoms with van der Waals surface area (Å²) >= 11 is 0. The first-order chi connectivity index (χ1) is 12.9. The molecule has 1 fully saturated rings. The summed E-state index contributed by atoms with van der Waals surface area (Å²) in [4.78, 5) is 32.9. The van der Waals surface area contributed by atoms with Gasteiger partial charge in [0.25, 0.3) is 0 Å². The first kappa shape index (κ1) is 19.1. The molecule has 144 valence electrons. The van der Waals surface area contributed by atoms with Gasteiger partial charge in [-0.1, -0.05) is 17.7 Å². The Kier molecular flexibility index (Phi) is 5.91. The van der Waals surface area contributed by atoms with Crippen LogP contribution in [0.2, 0.25) is 0 Å². The number of aryl methyl sites for hydroxylation is 2. The van der Waals surface area contributed by atoms with Crippen LogP contribution in [0, 0.1) is 13.8 Å². The largest absolute Gasteiger partial charge is 0.441 e.